The largest absolute Gasteiger partial charge is 0.486 e. The molecule has 1 N–H and O–H groups in total. The van der Waals surface area contributed by atoms with Crippen LogP contribution in [0.4, 0.5) is 0 Å². The van der Waals surface area contributed by atoms with Crippen molar-refractivity contribution in [2.24, 2.45) is 0 Å². The summed E-state index contributed by atoms with van der Waals surface area (Å²) < 4.78 is 6.50. The number of halogens is 1. The van der Waals surface area contributed by atoms with Crippen molar-refractivity contribution >= 4 is 33.2 Å². The highest BCUT2D eigenvalue weighted by molar-refractivity contribution is 9.10. The van der Waals surface area contributed by atoms with Gasteiger partial charge in [0.25, 0.3) is 0 Å². The summed E-state index contributed by atoms with van der Waals surface area (Å²) in [6.45, 7) is 0.449. The molecule has 0 spiro atoms. The molecule has 2 aromatic rings. The molecule has 0 fully saturated rings. The molecular weight excluding hydrogens is 306 g/mol. The predicted octanol–water partition coefficient (Wildman–Crippen LogP) is 3.18. The first-order valence-corrected chi connectivity index (χ1v) is 6.37. The number of hydrogen-bond acceptors (Lipinski definition) is 4. The average molecular weight is 314 g/mol. The number of aromatic carboxylic acids is 1. The maximum absolute atomic E-state index is 10.6. The second-order valence-corrected chi connectivity index (χ2v) is 5.12. The molecule has 0 bridgehead atoms. The van der Waals surface area contributed by atoms with Gasteiger partial charge in [0, 0.05) is 14.7 Å². The molecule has 0 unspecified atom stereocenters. The summed E-state index contributed by atoms with van der Waals surface area (Å²) in [6, 6.07) is 4.99. The molecule has 4 nitrogen and oxygen atoms in total. The normalized spacial score (nSPS) is 10.2. The molecule has 0 saturated heterocycles. The lowest BCUT2D eigenvalue weighted by atomic mass is 10.3. The van der Waals surface area contributed by atoms with Gasteiger partial charge in [0.1, 0.15) is 18.1 Å². The molecule has 0 radical (unpaired) electrons. The minimum atomic E-state index is -1.04. The molecule has 0 aliphatic heterocycles. The van der Waals surface area contributed by atoms with E-state index in [1.165, 1.54) is 12.3 Å². The summed E-state index contributed by atoms with van der Waals surface area (Å²) in [6.07, 6.45) is 1.41. The van der Waals surface area contributed by atoms with E-state index in [9.17, 15) is 4.79 Å². The number of ether oxygens (including phenoxy) is 1. The fourth-order valence-electron chi connectivity index (χ4n) is 1.18. The van der Waals surface area contributed by atoms with Gasteiger partial charge >= 0.3 is 5.97 Å². The van der Waals surface area contributed by atoms with Gasteiger partial charge in [-0.1, -0.05) is 0 Å². The van der Waals surface area contributed by atoms with Crippen molar-refractivity contribution in [3.63, 3.8) is 0 Å². The average Bonchev–Trinajstić information content (AvgIpc) is 2.73. The number of thiophene rings is 1. The van der Waals surface area contributed by atoms with Crippen molar-refractivity contribution in [1.82, 2.24) is 4.98 Å². The van der Waals surface area contributed by atoms with Gasteiger partial charge in [-0.25, -0.2) is 9.78 Å². The van der Waals surface area contributed by atoms with E-state index < -0.39 is 5.97 Å². The third-order valence-electron chi connectivity index (χ3n) is 1.96. The molecule has 0 aliphatic carbocycles. The Balaban J connectivity index is 1.97. The summed E-state index contributed by atoms with van der Waals surface area (Å²) in [7, 11) is 0. The number of aromatic nitrogens is 1. The molecule has 6 heteroatoms. The number of carboxylic acids is 1. The summed E-state index contributed by atoms with van der Waals surface area (Å²) in [4.78, 5) is 15.4. The van der Waals surface area contributed by atoms with Gasteiger partial charge in [-0.15, -0.1) is 11.3 Å². The summed E-state index contributed by atoms with van der Waals surface area (Å²) >= 11 is 4.95. The lowest BCUT2D eigenvalue weighted by Gasteiger charge is -2.03. The Morgan fingerprint density at radius 3 is 2.88 bits per heavy atom. The van der Waals surface area contributed by atoms with Gasteiger partial charge in [-0.05, 0) is 34.1 Å². The number of nitrogens with zero attached hydrogens (tertiary/aromatic N) is 1. The van der Waals surface area contributed by atoms with E-state index in [2.05, 4.69) is 20.9 Å². The molecule has 17 heavy (non-hydrogen) atoms. The first-order valence-electron chi connectivity index (χ1n) is 4.70. The van der Waals surface area contributed by atoms with Crippen LogP contribution in [0.2, 0.25) is 0 Å². The van der Waals surface area contributed by atoms with Crippen LogP contribution in [0, 0.1) is 0 Å². The number of hydrogen-bond donors (Lipinski definition) is 1. The summed E-state index contributed by atoms with van der Waals surface area (Å²) in [5, 5.41) is 10.7. The van der Waals surface area contributed by atoms with Gasteiger partial charge in [0.2, 0.25) is 0 Å². The highest BCUT2D eigenvalue weighted by atomic mass is 79.9. The van der Waals surface area contributed by atoms with Crippen LogP contribution in [-0.2, 0) is 6.61 Å². The van der Waals surface area contributed by atoms with Crippen LogP contribution in [-0.4, -0.2) is 16.1 Å². The Morgan fingerprint density at radius 2 is 2.35 bits per heavy atom. The van der Waals surface area contributed by atoms with Crippen LogP contribution in [0.5, 0.6) is 5.75 Å². The molecule has 2 rings (SSSR count). The maximum atomic E-state index is 10.6. The van der Waals surface area contributed by atoms with Crippen molar-refractivity contribution in [2.75, 3.05) is 0 Å². The smallest absolute Gasteiger partial charge is 0.354 e. The van der Waals surface area contributed by atoms with Crippen LogP contribution >= 0.6 is 27.3 Å². The summed E-state index contributed by atoms with van der Waals surface area (Å²) in [5.74, 6) is -0.488. The molecule has 0 amide bonds. The molecule has 0 aromatic carbocycles. The van der Waals surface area contributed by atoms with Gasteiger partial charge in [-0.3, -0.25) is 0 Å². The molecule has 2 heterocycles. The van der Waals surface area contributed by atoms with Gasteiger partial charge in [0.15, 0.2) is 0 Å². The highest BCUT2D eigenvalue weighted by Gasteiger charge is 2.04. The van der Waals surface area contributed by atoms with Crippen molar-refractivity contribution in [3.8, 4) is 5.75 Å². The quantitative estimate of drug-likeness (QED) is 0.941. The van der Waals surface area contributed by atoms with Crippen molar-refractivity contribution < 1.29 is 14.6 Å². The zero-order valence-corrected chi connectivity index (χ0v) is 11.0. The molecule has 0 aliphatic rings. The van der Waals surface area contributed by atoms with Crippen LogP contribution in [0.25, 0.3) is 0 Å². The lowest BCUT2D eigenvalue weighted by Crippen LogP contribution is -2.00. The number of pyridine rings is 1. The molecule has 0 atom stereocenters. The Hall–Kier alpha value is -1.40. The standard InChI is InChI=1S/C11H8BrNO3S/c12-7-3-9(17-6-7)5-16-8-1-2-10(11(14)15)13-4-8/h1-4,6H,5H2,(H,14,15). The Morgan fingerprint density at radius 1 is 1.53 bits per heavy atom. The minimum Gasteiger partial charge on any atom is -0.486 e. The maximum Gasteiger partial charge on any atom is 0.354 e. The van der Waals surface area contributed by atoms with Gasteiger partial charge in [-0.2, -0.15) is 0 Å². The van der Waals surface area contributed by atoms with Crippen LogP contribution in [0.15, 0.2) is 34.2 Å². The summed E-state index contributed by atoms with van der Waals surface area (Å²) in [5.41, 5.74) is 0.0104. The Bertz CT molecular complexity index is 524. The lowest BCUT2D eigenvalue weighted by molar-refractivity contribution is 0.0690. The van der Waals surface area contributed by atoms with E-state index in [4.69, 9.17) is 9.84 Å². The van der Waals surface area contributed by atoms with E-state index in [0.717, 1.165) is 9.35 Å². The SMILES string of the molecule is O=C(O)c1ccc(OCc2cc(Br)cs2)cn1. The van der Waals surface area contributed by atoms with Crippen molar-refractivity contribution in [3.05, 3.63) is 44.8 Å². The fourth-order valence-corrected chi connectivity index (χ4v) is 2.54. The number of rotatable bonds is 4. The van der Waals surface area contributed by atoms with E-state index in [1.807, 2.05) is 11.4 Å². The molecule has 2 aromatic heterocycles. The van der Waals surface area contributed by atoms with E-state index in [0.29, 0.717) is 12.4 Å². The van der Waals surface area contributed by atoms with Crippen molar-refractivity contribution in [2.45, 2.75) is 6.61 Å². The molecule has 0 saturated carbocycles. The molecular formula is C11H8BrNO3S. The Kier molecular flexibility index (Phi) is 3.75. The predicted molar refractivity (Wildman–Crippen MR) is 67.5 cm³/mol. The molecule has 88 valence electrons. The van der Waals surface area contributed by atoms with Crippen molar-refractivity contribution in [1.29, 1.82) is 0 Å². The van der Waals surface area contributed by atoms with Gasteiger partial charge in [0.05, 0.1) is 6.20 Å². The topological polar surface area (TPSA) is 59.4 Å². The number of carbonyl (C=O) groups is 1. The first-order chi connectivity index (χ1) is 8.15. The second kappa shape index (κ2) is 5.29. The third kappa shape index (κ3) is 3.28. The zero-order chi connectivity index (χ0) is 12.3. The van der Waals surface area contributed by atoms with Crippen LogP contribution < -0.4 is 4.74 Å². The zero-order valence-electron chi connectivity index (χ0n) is 8.59. The van der Waals surface area contributed by atoms with E-state index in [-0.39, 0.29) is 5.69 Å². The highest BCUT2D eigenvalue weighted by Crippen LogP contribution is 2.21. The third-order valence-corrected chi connectivity index (χ3v) is 3.63. The first kappa shape index (κ1) is 12.1. The van der Waals surface area contributed by atoms with Crippen LogP contribution in [0.3, 0.4) is 0 Å². The van der Waals surface area contributed by atoms with E-state index >= 15 is 0 Å². The monoisotopic (exact) mass is 313 g/mol. The fraction of sp³-hybridized carbons (Fsp3) is 0.0909. The number of carboxylic acid groups (broad SMARTS) is 1. The minimum absolute atomic E-state index is 0.0104. The van der Waals surface area contributed by atoms with Crippen LogP contribution in [0.1, 0.15) is 15.4 Å². The Labute approximate surface area is 110 Å². The van der Waals surface area contributed by atoms with E-state index in [1.54, 1.807) is 17.4 Å². The van der Waals surface area contributed by atoms with Gasteiger partial charge < -0.3 is 9.84 Å². The second-order valence-electron chi connectivity index (χ2n) is 3.20.